The van der Waals surface area contributed by atoms with Gasteiger partial charge in [-0.3, -0.25) is 4.79 Å². The maximum absolute atomic E-state index is 13.0. The Balaban J connectivity index is 2.21. The van der Waals surface area contributed by atoms with Crippen molar-refractivity contribution in [1.82, 2.24) is 0 Å². The first-order valence-corrected chi connectivity index (χ1v) is 4.97. The second-order valence-electron chi connectivity index (χ2n) is 3.68. The van der Waals surface area contributed by atoms with Crippen LogP contribution in [0.5, 0.6) is 0 Å². The minimum Gasteiger partial charge on any atom is -0.472 e. The minimum atomic E-state index is -0.319. The number of ketones is 1. The Kier molecular flexibility index (Phi) is 2.86. The van der Waals surface area contributed by atoms with Crippen LogP contribution >= 0.6 is 0 Å². The molecule has 1 aromatic carbocycles. The van der Waals surface area contributed by atoms with Gasteiger partial charge >= 0.3 is 0 Å². The van der Waals surface area contributed by atoms with Crippen LogP contribution in [0, 0.1) is 12.7 Å². The van der Waals surface area contributed by atoms with E-state index in [1.54, 1.807) is 12.1 Å². The van der Waals surface area contributed by atoms with Crippen molar-refractivity contribution in [3.63, 3.8) is 0 Å². The third-order valence-electron chi connectivity index (χ3n) is 2.51. The number of furan rings is 1. The lowest BCUT2D eigenvalue weighted by molar-refractivity contribution is 0.0992. The van der Waals surface area contributed by atoms with Crippen molar-refractivity contribution in [2.75, 3.05) is 0 Å². The Morgan fingerprint density at radius 3 is 2.88 bits per heavy atom. The summed E-state index contributed by atoms with van der Waals surface area (Å²) in [6.45, 7) is 1.86. The van der Waals surface area contributed by atoms with Gasteiger partial charge in [-0.05, 0) is 36.2 Å². The summed E-state index contributed by atoms with van der Waals surface area (Å²) in [6, 6.07) is 6.07. The van der Waals surface area contributed by atoms with Gasteiger partial charge in [0.1, 0.15) is 12.1 Å². The smallest absolute Gasteiger partial charge is 0.170 e. The van der Waals surface area contributed by atoms with Gasteiger partial charge in [-0.1, -0.05) is 6.07 Å². The van der Waals surface area contributed by atoms with E-state index in [4.69, 9.17) is 4.42 Å². The molecule has 0 aliphatic carbocycles. The Morgan fingerprint density at radius 1 is 1.38 bits per heavy atom. The molecule has 2 nitrogen and oxygen atoms in total. The van der Waals surface area contributed by atoms with Gasteiger partial charge in [0.25, 0.3) is 0 Å². The van der Waals surface area contributed by atoms with E-state index in [9.17, 15) is 9.18 Å². The highest BCUT2D eigenvalue weighted by atomic mass is 19.1. The fourth-order valence-electron chi connectivity index (χ4n) is 1.53. The second kappa shape index (κ2) is 4.31. The van der Waals surface area contributed by atoms with Crippen LogP contribution in [0.25, 0.3) is 0 Å². The Morgan fingerprint density at radius 2 is 2.19 bits per heavy atom. The zero-order valence-electron chi connectivity index (χ0n) is 8.87. The fourth-order valence-corrected chi connectivity index (χ4v) is 1.53. The van der Waals surface area contributed by atoms with Crippen LogP contribution in [-0.4, -0.2) is 5.78 Å². The lowest BCUT2D eigenvalue weighted by atomic mass is 10.0. The third kappa shape index (κ3) is 2.19. The van der Waals surface area contributed by atoms with Crippen molar-refractivity contribution >= 4 is 5.78 Å². The lowest BCUT2D eigenvalue weighted by Gasteiger charge is -2.03. The van der Waals surface area contributed by atoms with Crippen molar-refractivity contribution in [3.8, 4) is 0 Å². The number of halogens is 1. The molecule has 0 radical (unpaired) electrons. The molecule has 0 spiro atoms. The molecule has 0 aliphatic heterocycles. The molecular weight excluding hydrogens is 207 g/mol. The molecule has 16 heavy (non-hydrogen) atoms. The predicted octanol–water partition coefficient (Wildman–Crippen LogP) is 3.15. The monoisotopic (exact) mass is 218 g/mol. The largest absolute Gasteiger partial charge is 0.472 e. The maximum Gasteiger partial charge on any atom is 0.170 e. The molecule has 0 bridgehead atoms. The first-order chi connectivity index (χ1) is 7.66. The molecule has 0 aliphatic rings. The highest BCUT2D eigenvalue weighted by molar-refractivity contribution is 5.97. The molecule has 1 aromatic heterocycles. The molecule has 0 saturated carbocycles. The number of carbonyl (C=O) groups excluding carboxylic acids is 1. The number of rotatable bonds is 3. The average molecular weight is 218 g/mol. The number of benzene rings is 1. The van der Waals surface area contributed by atoms with Crippen molar-refractivity contribution in [2.24, 2.45) is 0 Å². The lowest BCUT2D eigenvalue weighted by Crippen LogP contribution is -2.04. The molecule has 0 unspecified atom stereocenters. The van der Waals surface area contributed by atoms with Crippen molar-refractivity contribution in [1.29, 1.82) is 0 Å². The first-order valence-electron chi connectivity index (χ1n) is 4.97. The van der Waals surface area contributed by atoms with Crippen LogP contribution in [0.1, 0.15) is 21.5 Å². The molecule has 0 fully saturated rings. The molecular formula is C13H11FO2. The van der Waals surface area contributed by atoms with E-state index in [2.05, 4.69) is 0 Å². The summed E-state index contributed by atoms with van der Waals surface area (Å²) in [6.07, 6.45) is 3.05. The normalized spacial score (nSPS) is 10.4. The van der Waals surface area contributed by atoms with Crippen LogP contribution < -0.4 is 0 Å². The van der Waals surface area contributed by atoms with Gasteiger partial charge in [-0.15, -0.1) is 0 Å². The number of carbonyl (C=O) groups is 1. The quantitative estimate of drug-likeness (QED) is 0.741. The van der Waals surface area contributed by atoms with Crippen molar-refractivity contribution in [2.45, 2.75) is 13.3 Å². The summed E-state index contributed by atoms with van der Waals surface area (Å²) in [5.41, 5.74) is 2.15. The van der Waals surface area contributed by atoms with Gasteiger partial charge in [0.15, 0.2) is 5.78 Å². The van der Waals surface area contributed by atoms with Gasteiger partial charge in [-0.25, -0.2) is 4.39 Å². The Hall–Kier alpha value is -1.90. The zero-order valence-corrected chi connectivity index (χ0v) is 8.87. The highest BCUT2D eigenvalue weighted by Gasteiger charge is 2.10. The SMILES string of the molecule is Cc1ccc(F)cc1CC(=O)c1ccoc1. The van der Waals surface area contributed by atoms with E-state index >= 15 is 0 Å². The van der Waals surface area contributed by atoms with Crippen molar-refractivity contribution < 1.29 is 13.6 Å². The summed E-state index contributed by atoms with van der Waals surface area (Å²) < 4.78 is 17.8. The van der Waals surface area contributed by atoms with Crippen LogP contribution in [0.2, 0.25) is 0 Å². The van der Waals surface area contributed by atoms with Gasteiger partial charge in [0, 0.05) is 6.42 Å². The summed E-state index contributed by atoms with van der Waals surface area (Å²) in [5.74, 6) is -0.386. The molecule has 1 heterocycles. The molecule has 0 saturated heterocycles. The summed E-state index contributed by atoms with van der Waals surface area (Å²) >= 11 is 0. The molecule has 3 heteroatoms. The number of aryl methyl sites for hydroxylation is 1. The van der Waals surface area contributed by atoms with Gasteiger partial charge < -0.3 is 4.42 Å². The third-order valence-corrected chi connectivity index (χ3v) is 2.51. The summed E-state index contributed by atoms with van der Waals surface area (Å²) in [7, 11) is 0. The van der Waals surface area contributed by atoms with E-state index in [0.717, 1.165) is 5.56 Å². The molecule has 2 rings (SSSR count). The fraction of sp³-hybridized carbons (Fsp3) is 0.154. The zero-order chi connectivity index (χ0) is 11.5. The van der Waals surface area contributed by atoms with Gasteiger partial charge in [0.05, 0.1) is 11.8 Å². The minimum absolute atomic E-state index is 0.0672. The van der Waals surface area contributed by atoms with E-state index in [-0.39, 0.29) is 18.0 Å². The number of hydrogen-bond donors (Lipinski definition) is 0. The average Bonchev–Trinajstić information content (AvgIpc) is 2.76. The molecule has 2 aromatic rings. The van der Waals surface area contributed by atoms with E-state index in [1.165, 1.54) is 24.7 Å². The Labute approximate surface area is 92.7 Å². The van der Waals surface area contributed by atoms with Crippen molar-refractivity contribution in [3.05, 3.63) is 59.3 Å². The van der Waals surface area contributed by atoms with E-state index in [1.807, 2.05) is 6.92 Å². The molecule has 0 N–H and O–H groups in total. The second-order valence-corrected chi connectivity index (χ2v) is 3.68. The van der Waals surface area contributed by atoms with Crippen LogP contribution in [0.15, 0.2) is 41.2 Å². The Bertz CT molecular complexity index is 501. The standard InChI is InChI=1S/C13H11FO2/c1-9-2-3-12(14)6-11(9)7-13(15)10-4-5-16-8-10/h2-6,8H,7H2,1H3. The first kappa shape index (κ1) is 10.6. The molecule has 0 amide bonds. The van der Waals surface area contributed by atoms with Gasteiger partial charge in [-0.2, -0.15) is 0 Å². The molecule has 82 valence electrons. The van der Waals surface area contributed by atoms with Crippen LogP contribution in [-0.2, 0) is 6.42 Å². The highest BCUT2D eigenvalue weighted by Crippen LogP contribution is 2.14. The summed E-state index contributed by atoms with van der Waals surface area (Å²) in [5, 5.41) is 0. The summed E-state index contributed by atoms with van der Waals surface area (Å²) in [4.78, 5) is 11.8. The maximum atomic E-state index is 13.0. The number of Topliss-reactive ketones (excluding diaryl/α,β-unsaturated/α-hetero) is 1. The number of hydrogen-bond acceptors (Lipinski definition) is 2. The van der Waals surface area contributed by atoms with Crippen LogP contribution in [0.3, 0.4) is 0 Å². The molecule has 0 atom stereocenters. The topological polar surface area (TPSA) is 30.2 Å². The van der Waals surface area contributed by atoms with Gasteiger partial charge in [0.2, 0.25) is 0 Å². The van der Waals surface area contributed by atoms with Crippen LogP contribution in [0.4, 0.5) is 4.39 Å². The van der Waals surface area contributed by atoms with E-state index < -0.39 is 0 Å². The predicted molar refractivity (Wildman–Crippen MR) is 57.9 cm³/mol. The van der Waals surface area contributed by atoms with E-state index in [0.29, 0.717) is 11.1 Å².